The fourth-order valence-electron chi connectivity index (χ4n) is 12.3. The van der Waals surface area contributed by atoms with Gasteiger partial charge in [-0.3, -0.25) is 0 Å². The normalized spacial score (nSPS) is 12.8. The average molecular weight is 894 g/mol. The summed E-state index contributed by atoms with van der Waals surface area (Å²) in [6.07, 6.45) is 0. The van der Waals surface area contributed by atoms with Crippen molar-refractivity contribution in [1.29, 1.82) is 0 Å². The lowest BCUT2D eigenvalue weighted by atomic mass is 9.67. The molecule has 0 aliphatic heterocycles. The number of fused-ring (bicyclic) bond motifs is 11. The highest BCUT2D eigenvalue weighted by Crippen LogP contribution is 2.60. The van der Waals surface area contributed by atoms with Crippen molar-refractivity contribution in [2.75, 3.05) is 4.90 Å². The van der Waals surface area contributed by atoms with Crippen molar-refractivity contribution in [3.63, 3.8) is 0 Å². The molecule has 2 heterocycles. The largest absolute Gasteiger partial charge is 0.341 e. The summed E-state index contributed by atoms with van der Waals surface area (Å²) < 4.78 is 4.88. The molecule has 0 atom stereocenters. The van der Waals surface area contributed by atoms with E-state index >= 15 is 0 Å². The number of hydrogen-bond donors (Lipinski definition) is 0. The predicted molar refractivity (Wildman–Crippen MR) is 294 cm³/mol. The third-order valence-electron chi connectivity index (χ3n) is 15.1. The van der Waals surface area contributed by atoms with E-state index in [1.165, 1.54) is 98.9 Å². The van der Waals surface area contributed by atoms with Gasteiger partial charge in [-0.15, -0.1) is 0 Å². The van der Waals surface area contributed by atoms with Gasteiger partial charge in [0.1, 0.15) is 0 Å². The van der Waals surface area contributed by atoms with Crippen LogP contribution in [0.3, 0.4) is 0 Å². The Morgan fingerprint density at radius 3 is 1.69 bits per heavy atom. The third kappa shape index (κ3) is 5.76. The van der Waals surface area contributed by atoms with Gasteiger partial charge in [-0.2, -0.15) is 0 Å². The van der Waals surface area contributed by atoms with E-state index < -0.39 is 5.41 Å². The Kier molecular flexibility index (Phi) is 9.09. The van der Waals surface area contributed by atoms with Crippen molar-refractivity contribution < 1.29 is 0 Å². The summed E-state index contributed by atoms with van der Waals surface area (Å²) in [5.74, 6) is 0. The molecule has 13 aromatic rings. The quantitative estimate of drug-likeness (QED) is 0.148. The van der Waals surface area contributed by atoms with Gasteiger partial charge in [0.25, 0.3) is 0 Å². The molecule has 3 nitrogen and oxygen atoms in total. The van der Waals surface area contributed by atoms with Gasteiger partial charge < -0.3 is 14.0 Å². The maximum atomic E-state index is 2.55. The molecule has 14 rings (SSSR count). The minimum absolute atomic E-state index is 0.665. The number of nitrogens with zero attached hydrogens (tertiary/aromatic N) is 3. The number of aryl methyl sites for hydroxylation is 1. The summed E-state index contributed by atoms with van der Waals surface area (Å²) in [4.78, 5) is 2.49. The van der Waals surface area contributed by atoms with Crippen molar-refractivity contribution in [1.82, 2.24) is 9.13 Å². The Bertz CT molecular complexity index is 4110. The molecular formula is C67H47N3. The first kappa shape index (κ1) is 40.2. The maximum absolute atomic E-state index is 2.55. The molecule has 0 N–H and O–H groups in total. The molecule has 3 heteroatoms. The topological polar surface area (TPSA) is 13.1 Å². The standard InChI is InChI=1S/C67H47N3/c1-2-68-60-34-19-17-31-52(60)53-40-38-45(42-64(53)68)57-44-59-65(54-32-16-15-30-51(54)57)55-41-39-50(43-58(55)67(59,46-22-7-3-8-23-46)47-24-9-4-10-25-47)69(48-26-11-5-12-27-48)62-36-21-37-63-66(62)56-33-18-20-35-61(56)70(63)49-28-13-6-14-29-49/h3-44H,2H2,1H3. The van der Waals surface area contributed by atoms with Crippen LogP contribution in [-0.2, 0) is 12.0 Å². The summed E-state index contributed by atoms with van der Waals surface area (Å²) in [6.45, 7) is 3.15. The zero-order chi connectivity index (χ0) is 46.3. The molecule has 11 aromatic carbocycles. The minimum atomic E-state index is -0.665. The van der Waals surface area contributed by atoms with Crippen molar-refractivity contribution >= 4 is 71.4 Å². The van der Waals surface area contributed by atoms with Gasteiger partial charge in [-0.05, 0) is 135 Å². The Morgan fingerprint density at radius 1 is 0.386 bits per heavy atom. The second kappa shape index (κ2) is 15.8. The SMILES string of the molecule is CCn1c2ccccc2c2ccc(-c3cc4c(c5ccccc35)-c3ccc(N(c5ccccc5)c5cccc6c5c5ccccc5n6-c5ccccc5)cc3C4(c3ccccc3)c3ccccc3)cc21. The number of benzene rings is 11. The average Bonchev–Trinajstić information content (AvgIpc) is 4.05. The third-order valence-corrected chi connectivity index (χ3v) is 15.1. The fraction of sp³-hybridized carbons (Fsp3) is 0.0448. The summed E-state index contributed by atoms with van der Waals surface area (Å²) in [7, 11) is 0. The van der Waals surface area contributed by atoms with Gasteiger partial charge in [0.15, 0.2) is 0 Å². The molecule has 0 radical (unpaired) electrons. The summed E-state index contributed by atoms with van der Waals surface area (Å²) >= 11 is 0. The fourth-order valence-corrected chi connectivity index (χ4v) is 12.3. The molecular weight excluding hydrogens is 847 g/mol. The Morgan fingerprint density at radius 2 is 0.971 bits per heavy atom. The molecule has 0 bridgehead atoms. The zero-order valence-electron chi connectivity index (χ0n) is 38.8. The maximum Gasteiger partial charge on any atom is 0.0714 e. The second-order valence-electron chi connectivity index (χ2n) is 18.6. The highest BCUT2D eigenvalue weighted by Gasteiger charge is 2.47. The van der Waals surface area contributed by atoms with E-state index in [0.29, 0.717) is 0 Å². The van der Waals surface area contributed by atoms with Gasteiger partial charge >= 0.3 is 0 Å². The van der Waals surface area contributed by atoms with Crippen LogP contribution in [0, 0.1) is 0 Å². The number of aromatic nitrogens is 2. The van der Waals surface area contributed by atoms with Gasteiger partial charge in [0, 0.05) is 56.2 Å². The van der Waals surface area contributed by atoms with Gasteiger partial charge in [0.05, 0.1) is 22.1 Å². The monoisotopic (exact) mass is 893 g/mol. The molecule has 1 aliphatic rings. The van der Waals surface area contributed by atoms with E-state index in [4.69, 9.17) is 0 Å². The molecule has 0 spiro atoms. The second-order valence-corrected chi connectivity index (χ2v) is 18.6. The number of hydrogen-bond acceptors (Lipinski definition) is 1. The molecule has 0 fully saturated rings. The van der Waals surface area contributed by atoms with Crippen molar-refractivity contribution in [2.45, 2.75) is 18.9 Å². The van der Waals surface area contributed by atoms with E-state index in [1.807, 2.05) is 0 Å². The lowest BCUT2D eigenvalue weighted by Gasteiger charge is -2.35. The highest BCUT2D eigenvalue weighted by atomic mass is 15.1. The van der Waals surface area contributed by atoms with Crippen LogP contribution < -0.4 is 4.90 Å². The van der Waals surface area contributed by atoms with E-state index in [2.05, 4.69) is 276 Å². The lowest BCUT2D eigenvalue weighted by Crippen LogP contribution is -2.29. The smallest absolute Gasteiger partial charge is 0.0714 e. The van der Waals surface area contributed by atoms with E-state index in [1.54, 1.807) is 0 Å². The summed E-state index contributed by atoms with van der Waals surface area (Å²) in [5, 5.41) is 7.52. The Hall–Kier alpha value is -8.92. The van der Waals surface area contributed by atoms with Crippen LogP contribution in [0.2, 0.25) is 0 Å². The lowest BCUT2D eigenvalue weighted by molar-refractivity contribution is 0.769. The molecule has 0 saturated carbocycles. The molecule has 70 heavy (non-hydrogen) atoms. The van der Waals surface area contributed by atoms with Crippen LogP contribution in [0.15, 0.2) is 255 Å². The minimum Gasteiger partial charge on any atom is -0.341 e. The number of anilines is 3. The number of para-hydroxylation sites is 4. The molecule has 330 valence electrons. The Balaban J connectivity index is 1.07. The Labute approximate surface area is 407 Å². The highest BCUT2D eigenvalue weighted by molar-refractivity contribution is 6.17. The molecule has 0 saturated heterocycles. The van der Waals surface area contributed by atoms with Crippen LogP contribution in [0.1, 0.15) is 29.2 Å². The predicted octanol–water partition coefficient (Wildman–Crippen LogP) is 17.6. The van der Waals surface area contributed by atoms with E-state index in [-0.39, 0.29) is 0 Å². The van der Waals surface area contributed by atoms with Gasteiger partial charge in [-0.1, -0.05) is 182 Å². The van der Waals surface area contributed by atoms with E-state index in [9.17, 15) is 0 Å². The van der Waals surface area contributed by atoms with Gasteiger partial charge in [0.2, 0.25) is 0 Å². The van der Waals surface area contributed by atoms with Crippen LogP contribution in [0.4, 0.5) is 17.1 Å². The first-order chi connectivity index (χ1) is 34.7. The summed E-state index contributed by atoms with van der Waals surface area (Å²) in [5.41, 5.74) is 18.7. The van der Waals surface area contributed by atoms with Crippen LogP contribution in [0.25, 0.3) is 82.3 Å². The molecule has 1 aliphatic carbocycles. The van der Waals surface area contributed by atoms with Crippen LogP contribution in [-0.4, -0.2) is 9.13 Å². The van der Waals surface area contributed by atoms with E-state index in [0.717, 1.165) is 29.3 Å². The molecule has 0 unspecified atom stereocenters. The van der Waals surface area contributed by atoms with Gasteiger partial charge in [-0.25, -0.2) is 0 Å². The number of rotatable bonds is 8. The van der Waals surface area contributed by atoms with Crippen LogP contribution in [0.5, 0.6) is 0 Å². The van der Waals surface area contributed by atoms with Crippen molar-refractivity contribution in [3.05, 3.63) is 277 Å². The summed E-state index contributed by atoms with van der Waals surface area (Å²) in [6, 6.07) is 94.7. The molecule has 2 aromatic heterocycles. The first-order valence-corrected chi connectivity index (χ1v) is 24.5. The first-order valence-electron chi connectivity index (χ1n) is 24.5. The van der Waals surface area contributed by atoms with Crippen LogP contribution >= 0.6 is 0 Å². The van der Waals surface area contributed by atoms with Crippen molar-refractivity contribution in [2.24, 2.45) is 0 Å². The molecule has 0 amide bonds. The zero-order valence-corrected chi connectivity index (χ0v) is 38.8. The van der Waals surface area contributed by atoms with Crippen molar-refractivity contribution in [3.8, 4) is 27.9 Å².